The first-order valence-electron chi connectivity index (χ1n) is 9.04. The second kappa shape index (κ2) is 11.3. The van der Waals surface area contributed by atoms with E-state index in [1.807, 2.05) is 20.8 Å². The number of nitrogens with zero attached hydrogens (tertiary/aromatic N) is 2. The summed E-state index contributed by atoms with van der Waals surface area (Å²) < 4.78 is 5.39. The number of morpholine rings is 1. The number of aliphatic imine (C=N–C) groups is 1. The van der Waals surface area contributed by atoms with Crippen molar-refractivity contribution in [3.05, 3.63) is 29.8 Å². The lowest BCUT2D eigenvalue weighted by atomic mass is 10.1. The van der Waals surface area contributed by atoms with Gasteiger partial charge in [-0.05, 0) is 38.5 Å². The molecule has 1 fully saturated rings. The Morgan fingerprint density at radius 2 is 1.78 bits per heavy atom. The van der Waals surface area contributed by atoms with Crippen LogP contribution in [0.25, 0.3) is 0 Å². The summed E-state index contributed by atoms with van der Waals surface area (Å²) in [5.74, 6) is 0.543. The summed E-state index contributed by atoms with van der Waals surface area (Å²) in [6, 6.07) is 8.49. The number of hydrogen-bond acceptors (Lipinski definition) is 4. The second-order valence-corrected chi connectivity index (χ2v) is 7.34. The van der Waals surface area contributed by atoms with E-state index in [-0.39, 0.29) is 42.0 Å². The van der Waals surface area contributed by atoms with Crippen LogP contribution < -0.4 is 20.9 Å². The number of carbonyl (C=O) groups is 1. The number of anilines is 1. The Balaban J connectivity index is 0.00000364. The molecule has 1 aromatic rings. The van der Waals surface area contributed by atoms with E-state index in [4.69, 9.17) is 4.74 Å². The van der Waals surface area contributed by atoms with Gasteiger partial charge in [-0.25, -0.2) is 0 Å². The van der Waals surface area contributed by atoms with E-state index < -0.39 is 0 Å². The molecule has 0 spiro atoms. The van der Waals surface area contributed by atoms with Gasteiger partial charge in [0, 0.05) is 37.9 Å². The maximum atomic E-state index is 11.9. The minimum atomic E-state index is -0.238. The van der Waals surface area contributed by atoms with Gasteiger partial charge in [-0.3, -0.25) is 9.79 Å². The number of guanidine groups is 1. The van der Waals surface area contributed by atoms with Gasteiger partial charge in [-0.15, -0.1) is 24.0 Å². The van der Waals surface area contributed by atoms with Crippen molar-refractivity contribution in [3.8, 4) is 0 Å². The highest BCUT2D eigenvalue weighted by molar-refractivity contribution is 14.0. The fourth-order valence-corrected chi connectivity index (χ4v) is 2.68. The van der Waals surface area contributed by atoms with Crippen LogP contribution in [0.3, 0.4) is 0 Å². The Kier molecular flexibility index (Phi) is 9.86. The zero-order chi connectivity index (χ0) is 19.0. The lowest BCUT2D eigenvalue weighted by Crippen LogP contribution is -2.48. The molecule has 1 aliphatic heterocycles. The molecule has 0 aliphatic carbocycles. The number of carbonyl (C=O) groups excluding carboxylic acids is 1. The average molecular weight is 489 g/mol. The van der Waals surface area contributed by atoms with Crippen LogP contribution in [0.2, 0.25) is 0 Å². The zero-order valence-electron chi connectivity index (χ0n) is 16.7. The standard InChI is InChI=1S/C19H31N5O2.HI/c1-19(2,3)23-17(25)14-22-18(20-4)21-13-15-5-7-16(8-6-15)24-9-11-26-12-10-24;/h5-8H,9-14H2,1-4H3,(H,23,25)(H2,20,21,22);1H. The van der Waals surface area contributed by atoms with Gasteiger partial charge in [-0.2, -0.15) is 0 Å². The second-order valence-electron chi connectivity index (χ2n) is 7.34. The van der Waals surface area contributed by atoms with Crippen LogP contribution in [-0.2, 0) is 16.1 Å². The van der Waals surface area contributed by atoms with Crippen molar-refractivity contribution in [2.75, 3.05) is 44.8 Å². The molecule has 3 N–H and O–H groups in total. The highest BCUT2D eigenvalue weighted by Gasteiger charge is 2.14. The molecule has 27 heavy (non-hydrogen) atoms. The molecule has 1 saturated heterocycles. The van der Waals surface area contributed by atoms with Crippen molar-refractivity contribution in [3.63, 3.8) is 0 Å². The summed E-state index contributed by atoms with van der Waals surface area (Å²) in [4.78, 5) is 18.4. The highest BCUT2D eigenvalue weighted by atomic mass is 127. The van der Waals surface area contributed by atoms with Gasteiger partial charge in [0.1, 0.15) is 0 Å². The topological polar surface area (TPSA) is 78.0 Å². The maximum absolute atomic E-state index is 11.9. The minimum Gasteiger partial charge on any atom is -0.378 e. The molecular weight excluding hydrogens is 457 g/mol. The third-order valence-corrected chi connectivity index (χ3v) is 3.93. The Hall–Kier alpha value is -1.55. The van der Waals surface area contributed by atoms with E-state index in [0.29, 0.717) is 12.5 Å². The van der Waals surface area contributed by atoms with E-state index in [9.17, 15) is 4.79 Å². The summed E-state index contributed by atoms with van der Waals surface area (Å²) in [5, 5.41) is 9.17. The molecule has 0 saturated carbocycles. The molecule has 0 bridgehead atoms. The molecule has 8 heteroatoms. The third kappa shape index (κ3) is 8.79. The largest absolute Gasteiger partial charge is 0.378 e. The van der Waals surface area contributed by atoms with Gasteiger partial charge in [-0.1, -0.05) is 12.1 Å². The summed E-state index contributed by atoms with van der Waals surface area (Å²) in [5.41, 5.74) is 2.14. The molecule has 7 nitrogen and oxygen atoms in total. The molecule has 0 unspecified atom stereocenters. The Morgan fingerprint density at radius 3 is 2.33 bits per heavy atom. The molecule has 2 rings (SSSR count). The smallest absolute Gasteiger partial charge is 0.239 e. The van der Waals surface area contributed by atoms with Crippen LogP contribution in [0, 0.1) is 0 Å². The van der Waals surface area contributed by atoms with Crippen LogP contribution in [0.1, 0.15) is 26.3 Å². The fraction of sp³-hybridized carbons (Fsp3) is 0.579. The number of amides is 1. The van der Waals surface area contributed by atoms with E-state index in [1.54, 1.807) is 7.05 Å². The van der Waals surface area contributed by atoms with Gasteiger partial charge in [0.05, 0.1) is 19.8 Å². The molecular formula is C19H32IN5O2. The van der Waals surface area contributed by atoms with Gasteiger partial charge in [0.2, 0.25) is 5.91 Å². The Labute approximate surface area is 179 Å². The van der Waals surface area contributed by atoms with Crippen molar-refractivity contribution < 1.29 is 9.53 Å². The number of halogens is 1. The zero-order valence-corrected chi connectivity index (χ0v) is 19.0. The maximum Gasteiger partial charge on any atom is 0.239 e. The molecule has 1 aliphatic rings. The molecule has 1 amide bonds. The third-order valence-electron chi connectivity index (χ3n) is 3.93. The normalized spacial score (nSPS) is 15.0. The molecule has 0 aromatic heterocycles. The number of nitrogens with one attached hydrogen (secondary N) is 3. The summed E-state index contributed by atoms with van der Waals surface area (Å²) in [6.07, 6.45) is 0. The van der Waals surface area contributed by atoms with Crippen molar-refractivity contribution in [1.29, 1.82) is 0 Å². The minimum absolute atomic E-state index is 0. The first-order valence-corrected chi connectivity index (χ1v) is 9.04. The summed E-state index contributed by atoms with van der Waals surface area (Å²) in [7, 11) is 1.69. The molecule has 1 heterocycles. The number of ether oxygens (including phenoxy) is 1. The van der Waals surface area contributed by atoms with Crippen LogP contribution in [-0.4, -0.2) is 57.3 Å². The monoisotopic (exact) mass is 489 g/mol. The van der Waals surface area contributed by atoms with Gasteiger partial charge < -0.3 is 25.6 Å². The van der Waals surface area contributed by atoms with Gasteiger partial charge in [0.25, 0.3) is 0 Å². The SMILES string of the molecule is CN=C(NCC(=O)NC(C)(C)C)NCc1ccc(N2CCOCC2)cc1.I. The molecule has 0 atom stereocenters. The van der Waals surface area contributed by atoms with Crippen LogP contribution in [0.4, 0.5) is 5.69 Å². The summed E-state index contributed by atoms with van der Waals surface area (Å²) >= 11 is 0. The van der Waals surface area contributed by atoms with E-state index in [2.05, 4.69) is 50.1 Å². The van der Waals surface area contributed by atoms with E-state index >= 15 is 0 Å². The molecule has 1 aromatic carbocycles. The highest BCUT2D eigenvalue weighted by Crippen LogP contribution is 2.16. The van der Waals surface area contributed by atoms with Gasteiger partial charge in [0.15, 0.2) is 5.96 Å². The summed E-state index contributed by atoms with van der Waals surface area (Å²) in [6.45, 7) is 10.1. The van der Waals surface area contributed by atoms with Crippen molar-refractivity contribution in [1.82, 2.24) is 16.0 Å². The molecule has 0 radical (unpaired) electrons. The lowest BCUT2D eigenvalue weighted by molar-refractivity contribution is -0.121. The van der Waals surface area contributed by atoms with Crippen molar-refractivity contribution >= 4 is 41.5 Å². The van der Waals surface area contributed by atoms with Crippen LogP contribution in [0.5, 0.6) is 0 Å². The number of hydrogen-bond donors (Lipinski definition) is 3. The number of benzene rings is 1. The Morgan fingerprint density at radius 1 is 1.15 bits per heavy atom. The van der Waals surface area contributed by atoms with E-state index in [0.717, 1.165) is 31.9 Å². The fourth-order valence-electron chi connectivity index (χ4n) is 2.68. The Bertz CT molecular complexity index is 608. The van der Waals surface area contributed by atoms with Crippen LogP contribution >= 0.6 is 24.0 Å². The first-order chi connectivity index (χ1) is 12.4. The molecule has 152 valence electrons. The van der Waals surface area contributed by atoms with Crippen LogP contribution in [0.15, 0.2) is 29.3 Å². The predicted octanol–water partition coefficient (Wildman–Crippen LogP) is 1.72. The number of rotatable bonds is 5. The average Bonchev–Trinajstić information content (AvgIpc) is 2.61. The quantitative estimate of drug-likeness (QED) is 0.334. The lowest BCUT2D eigenvalue weighted by Gasteiger charge is -2.29. The van der Waals surface area contributed by atoms with Crippen molar-refractivity contribution in [2.45, 2.75) is 32.9 Å². The van der Waals surface area contributed by atoms with E-state index in [1.165, 1.54) is 5.69 Å². The van der Waals surface area contributed by atoms with Gasteiger partial charge >= 0.3 is 0 Å². The predicted molar refractivity (Wildman–Crippen MR) is 121 cm³/mol. The van der Waals surface area contributed by atoms with Crippen molar-refractivity contribution in [2.24, 2.45) is 4.99 Å². The first kappa shape index (κ1) is 23.5.